The van der Waals surface area contributed by atoms with Crippen molar-refractivity contribution in [2.75, 3.05) is 26.6 Å². The Morgan fingerprint density at radius 2 is 1.68 bits per heavy atom. The smallest absolute Gasteiger partial charge is 0.293 e. The van der Waals surface area contributed by atoms with Crippen molar-refractivity contribution in [1.29, 1.82) is 0 Å². The largest absolute Gasteiger partial charge is 0.493 e. The van der Waals surface area contributed by atoms with E-state index in [1.807, 2.05) is 24.3 Å². The standard InChI is InChI=1S/C24H25N5O5/c1-5-15-6-8-16(9-7-15)18-12-19-24(31)28(25-14-29(19)27-18)13-22(30)26-17-10-20(32-2)23(34-4)21(11-17)33-3/h6-12,14H,5,13H2,1-4H3,(H,26,30). The molecule has 0 aliphatic carbocycles. The van der Waals surface area contributed by atoms with Crippen LogP contribution in [0.5, 0.6) is 17.2 Å². The van der Waals surface area contributed by atoms with Crippen LogP contribution in [0.3, 0.4) is 0 Å². The van der Waals surface area contributed by atoms with E-state index in [9.17, 15) is 9.59 Å². The predicted molar refractivity (Wildman–Crippen MR) is 127 cm³/mol. The summed E-state index contributed by atoms with van der Waals surface area (Å²) in [5, 5.41) is 11.3. The first kappa shape index (κ1) is 22.8. The van der Waals surface area contributed by atoms with Gasteiger partial charge in [-0.2, -0.15) is 10.2 Å². The lowest BCUT2D eigenvalue weighted by Gasteiger charge is -2.14. The van der Waals surface area contributed by atoms with Crippen LogP contribution in [0, 0.1) is 0 Å². The van der Waals surface area contributed by atoms with Gasteiger partial charge in [-0.3, -0.25) is 9.59 Å². The van der Waals surface area contributed by atoms with E-state index in [0.29, 0.717) is 34.1 Å². The monoisotopic (exact) mass is 463 g/mol. The normalized spacial score (nSPS) is 10.8. The van der Waals surface area contributed by atoms with Gasteiger partial charge >= 0.3 is 0 Å². The predicted octanol–water partition coefficient (Wildman–Crippen LogP) is 2.78. The number of anilines is 1. The molecule has 0 bridgehead atoms. The van der Waals surface area contributed by atoms with Crippen molar-refractivity contribution in [3.8, 4) is 28.5 Å². The summed E-state index contributed by atoms with van der Waals surface area (Å²) < 4.78 is 18.4. The van der Waals surface area contributed by atoms with Crippen LogP contribution in [0.2, 0.25) is 0 Å². The number of fused-ring (bicyclic) bond motifs is 1. The molecule has 2 aromatic heterocycles. The minimum absolute atomic E-state index is 0.280. The molecule has 10 nitrogen and oxygen atoms in total. The third-order valence-electron chi connectivity index (χ3n) is 5.39. The van der Waals surface area contributed by atoms with Crippen molar-refractivity contribution in [2.24, 2.45) is 0 Å². The molecule has 0 aliphatic rings. The molecule has 0 radical (unpaired) electrons. The summed E-state index contributed by atoms with van der Waals surface area (Å²) in [6, 6.07) is 12.9. The number of amides is 1. The molecule has 0 atom stereocenters. The van der Waals surface area contributed by atoms with Gasteiger partial charge in [0.2, 0.25) is 11.7 Å². The first-order valence-corrected chi connectivity index (χ1v) is 10.6. The lowest BCUT2D eigenvalue weighted by molar-refractivity contribution is -0.117. The topological polar surface area (TPSA) is 109 Å². The quantitative estimate of drug-likeness (QED) is 0.428. The molecule has 0 unspecified atom stereocenters. The molecule has 4 aromatic rings. The van der Waals surface area contributed by atoms with E-state index in [-0.39, 0.29) is 6.54 Å². The van der Waals surface area contributed by atoms with Crippen molar-refractivity contribution in [3.05, 3.63) is 64.7 Å². The number of aromatic nitrogens is 4. The van der Waals surface area contributed by atoms with Gasteiger partial charge in [-0.25, -0.2) is 9.20 Å². The zero-order valence-corrected chi connectivity index (χ0v) is 19.4. The number of ether oxygens (including phenoxy) is 3. The van der Waals surface area contributed by atoms with Gasteiger partial charge in [-0.15, -0.1) is 0 Å². The van der Waals surface area contributed by atoms with E-state index in [4.69, 9.17) is 14.2 Å². The number of hydrogen-bond donors (Lipinski definition) is 1. The van der Waals surface area contributed by atoms with Gasteiger partial charge in [0.25, 0.3) is 5.56 Å². The first-order chi connectivity index (χ1) is 16.5. The summed E-state index contributed by atoms with van der Waals surface area (Å²) in [7, 11) is 4.47. The van der Waals surface area contributed by atoms with Crippen LogP contribution in [-0.4, -0.2) is 46.6 Å². The molecule has 2 heterocycles. The molecule has 34 heavy (non-hydrogen) atoms. The van der Waals surface area contributed by atoms with E-state index in [0.717, 1.165) is 16.7 Å². The lowest BCUT2D eigenvalue weighted by Crippen LogP contribution is -2.30. The van der Waals surface area contributed by atoms with Gasteiger partial charge in [0.15, 0.2) is 11.5 Å². The summed E-state index contributed by atoms with van der Waals surface area (Å²) >= 11 is 0. The lowest BCUT2D eigenvalue weighted by atomic mass is 10.1. The zero-order valence-electron chi connectivity index (χ0n) is 19.4. The summed E-state index contributed by atoms with van der Waals surface area (Å²) in [6.07, 6.45) is 2.35. The molecule has 0 saturated carbocycles. The van der Waals surface area contributed by atoms with Crippen molar-refractivity contribution in [3.63, 3.8) is 0 Å². The third kappa shape index (κ3) is 4.42. The maximum absolute atomic E-state index is 12.9. The molecule has 0 fully saturated rings. The van der Waals surface area contributed by atoms with Crippen LogP contribution in [0.15, 0.2) is 53.6 Å². The number of aryl methyl sites for hydroxylation is 1. The maximum atomic E-state index is 12.9. The fraction of sp³-hybridized carbons (Fsp3) is 0.250. The minimum Gasteiger partial charge on any atom is -0.493 e. The Kier molecular flexibility index (Phi) is 6.48. The molecule has 176 valence electrons. The SMILES string of the molecule is CCc1ccc(-c2cc3c(=O)n(CC(=O)Nc4cc(OC)c(OC)c(OC)c4)ncn3n2)cc1. The van der Waals surface area contributed by atoms with Crippen LogP contribution in [0.25, 0.3) is 16.8 Å². The molecular weight excluding hydrogens is 438 g/mol. The van der Waals surface area contributed by atoms with E-state index in [1.54, 1.807) is 18.2 Å². The molecular formula is C24H25N5O5. The molecule has 1 amide bonds. The number of benzene rings is 2. The van der Waals surface area contributed by atoms with Crippen molar-refractivity contribution < 1.29 is 19.0 Å². The Morgan fingerprint density at radius 3 is 2.26 bits per heavy atom. The van der Waals surface area contributed by atoms with Gasteiger partial charge in [-0.05, 0) is 18.1 Å². The Hall–Kier alpha value is -4.34. The number of carbonyl (C=O) groups is 1. The molecule has 0 saturated heterocycles. The van der Waals surface area contributed by atoms with E-state index < -0.39 is 11.5 Å². The Labute approximate surface area is 195 Å². The van der Waals surface area contributed by atoms with Crippen molar-refractivity contribution >= 4 is 17.1 Å². The molecule has 10 heteroatoms. The van der Waals surface area contributed by atoms with Crippen LogP contribution >= 0.6 is 0 Å². The highest BCUT2D eigenvalue weighted by Gasteiger charge is 2.16. The first-order valence-electron chi connectivity index (χ1n) is 10.6. The van der Waals surface area contributed by atoms with Gasteiger partial charge in [0.1, 0.15) is 18.4 Å². The molecule has 2 aromatic carbocycles. The Balaban J connectivity index is 1.57. The average Bonchev–Trinajstić information content (AvgIpc) is 3.30. The van der Waals surface area contributed by atoms with Crippen LogP contribution in [-0.2, 0) is 17.8 Å². The van der Waals surface area contributed by atoms with Crippen LogP contribution in [0.1, 0.15) is 12.5 Å². The molecule has 4 rings (SSSR count). The van der Waals surface area contributed by atoms with Crippen LogP contribution < -0.4 is 25.1 Å². The molecule has 0 spiro atoms. The third-order valence-corrected chi connectivity index (χ3v) is 5.39. The zero-order chi connectivity index (χ0) is 24.2. The highest BCUT2D eigenvalue weighted by molar-refractivity contribution is 5.91. The summed E-state index contributed by atoms with van der Waals surface area (Å²) in [5.41, 5.74) is 3.09. The van der Waals surface area contributed by atoms with E-state index >= 15 is 0 Å². The number of rotatable bonds is 8. The fourth-order valence-electron chi connectivity index (χ4n) is 3.59. The van der Waals surface area contributed by atoms with Crippen molar-refractivity contribution in [2.45, 2.75) is 19.9 Å². The fourth-order valence-corrected chi connectivity index (χ4v) is 3.59. The second-order valence-electron chi connectivity index (χ2n) is 7.47. The summed E-state index contributed by atoms with van der Waals surface area (Å²) in [6.45, 7) is 1.81. The summed E-state index contributed by atoms with van der Waals surface area (Å²) in [4.78, 5) is 25.6. The van der Waals surface area contributed by atoms with Crippen LogP contribution in [0.4, 0.5) is 5.69 Å². The molecule has 0 aliphatic heterocycles. The number of methoxy groups -OCH3 is 3. The number of hydrogen-bond acceptors (Lipinski definition) is 7. The number of nitrogens with one attached hydrogen (secondary N) is 1. The highest BCUT2D eigenvalue weighted by Crippen LogP contribution is 2.39. The summed E-state index contributed by atoms with van der Waals surface area (Å²) in [5.74, 6) is 0.760. The van der Waals surface area contributed by atoms with Gasteiger partial charge in [0.05, 0.1) is 27.0 Å². The average molecular weight is 463 g/mol. The Morgan fingerprint density at radius 1 is 1.00 bits per heavy atom. The maximum Gasteiger partial charge on any atom is 0.293 e. The van der Waals surface area contributed by atoms with Gasteiger partial charge in [0, 0.05) is 23.4 Å². The van der Waals surface area contributed by atoms with E-state index in [2.05, 4.69) is 22.4 Å². The second kappa shape index (κ2) is 9.65. The number of nitrogens with zero attached hydrogens (tertiary/aromatic N) is 4. The van der Waals surface area contributed by atoms with Crippen molar-refractivity contribution in [1.82, 2.24) is 19.4 Å². The second-order valence-corrected chi connectivity index (χ2v) is 7.47. The van der Waals surface area contributed by atoms with Gasteiger partial charge < -0.3 is 19.5 Å². The Bertz CT molecular complexity index is 1370. The van der Waals surface area contributed by atoms with Gasteiger partial charge in [-0.1, -0.05) is 31.2 Å². The highest BCUT2D eigenvalue weighted by atomic mass is 16.5. The number of carbonyl (C=O) groups excluding carboxylic acids is 1. The van der Waals surface area contributed by atoms with E-state index in [1.165, 1.54) is 37.7 Å². The molecule has 1 N–H and O–H groups in total. The minimum atomic E-state index is -0.442.